The Hall–Kier alpha value is -3.04. The zero-order chi connectivity index (χ0) is 20.5. The Kier molecular flexibility index (Phi) is 5.30. The highest BCUT2D eigenvalue weighted by Crippen LogP contribution is 2.26. The van der Waals surface area contributed by atoms with Crippen LogP contribution in [0.5, 0.6) is 5.75 Å². The molecular formula is C18H18F3N3O4. The number of hydrogen-bond donors (Lipinski definition) is 2. The minimum absolute atomic E-state index is 0.130. The van der Waals surface area contributed by atoms with E-state index in [0.717, 1.165) is 0 Å². The molecule has 0 aliphatic carbocycles. The highest BCUT2D eigenvalue weighted by molar-refractivity contribution is 5.90. The number of H-pyrrole nitrogens is 1. The molecular weight excluding hydrogens is 379 g/mol. The van der Waals surface area contributed by atoms with Gasteiger partial charge in [0.05, 0.1) is 12.6 Å². The number of likely N-dealkylation sites (tertiary alicyclic amines) is 1. The summed E-state index contributed by atoms with van der Waals surface area (Å²) in [6.45, 7) is -0.296. The monoisotopic (exact) mass is 397 g/mol. The fraction of sp³-hybridized carbons (Fsp3) is 0.389. The molecule has 1 aliphatic rings. The Balaban J connectivity index is 1.73. The lowest BCUT2D eigenvalue weighted by Crippen LogP contribution is -2.50. The number of halogens is 3. The second-order valence-electron chi connectivity index (χ2n) is 6.45. The summed E-state index contributed by atoms with van der Waals surface area (Å²) in [5.41, 5.74) is 0.366. The summed E-state index contributed by atoms with van der Waals surface area (Å²) in [4.78, 5) is 39.2. The van der Waals surface area contributed by atoms with Crippen LogP contribution in [0, 0.1) is 0 Å². The number of fused-ring (bicyclic) bond motifs is 1. The third kappa shape index (κ3) is 3.95. The van der Waals surface area contributed by atoms with Gasteiger partial charge in [0.15, 0.2) is 0 Å². The van der Waals surface area contributed by atoms with Crippen LogP contribution in [0.1, 0.15) is 18.4 Å². The normalized spacial score (nSPS) is 17.0. The van der Waals surface area contributed by atoms with Crippen molar-refractivity contribution < 1.29 is 27.5 Å². The number of nitrogens with one attached hydrogen (secondary N) is 2. The SMILES string of the molecule is COc1ccc2cc(CNC(=O)C3CCCN3C(=O)C(F)(F)F)c(=O)[nH]c2c1. The number of rotatable bonds is 4. The highest BCUT2D eigenvalue weighted by atomic mass is 19.4. The van der Waals surface area contributed by atoms with Crippen LogP contribution in [0.15, 0.2) is 29.1 Å². The summed E-state index contributed by atoms with van der Waals surface area (Å²) in [7, 11) is 1.50. The van der Waals surface area contributed by atoms with E-state index in [0.29, 0.717) is 28.0 Å². The largest absolute Gasteiger partial charge is 0.497 e. The van der Waals surface area contributed by atoms with Crippen molar-refractivity contribution >= 4 is 22.7 Å². The smallest absolute Gasteiger partial charge is 0.471 e. The van der Waals surface area contributed by atoms with Gasteiger partial charge >= 0.3 is 12.1 Å². The van der Waals surface area contributed by atoms with Gasteiger partial charge in [-0.2, -0.15) is 13.2 Å². The number of methoxy groups -OCH3 is 1. The second kappa shape index (κ2) is 7.53. The number of pyridine rings is 1. The van der Waals surface area contributed by atoms with Gasteiger partial charge in [0.1, 0.15) is 11.8 Å². The first kappa shape index (κ1) is 19.7. The number of alkyl halides is 3. The summed E-state index contributed by atoms with van der Waals surface area (Å²) in [5, 5.41) is 3.17. The lowest BCUT2D eigenvalue weighted by atomic mass is 10.1. The molecule has 0 spiro atoms. The lowest BCUT2D eigenvalue weighted by molar-refractivity contribution is -0.186. The third-order valence-corrected chi connectivity index (χ3v) is 4.64. The molecule has 1 saturated heterocycles. The molecule has 150 valence electrons. The van der Waals surface area contributed by atoms with Crippen LogP contribution in [0.4, 0.5) is 13.2 Å². The van der Waals surface area contributed by atoms with E-state index in [-0.39, 0.29) is 25.1 Å². The molecule has 0 radical (unpaired) electrons. The van der Waals surface area contributed by atoms with Gasteiger partial charge in [-0.1, -0.05) is 0 Å². The standard InChI is InChI=1S/C18H18F3N3O4/c1-28-12-5-4-10-7-11(15(25)23-13(10)8-12)9-22-16(26)14-3-2-6-24(14)17(27)18(19,20)21/h4-5,7-8,14H,2-3,6,9H2,1H3,(H,22,26)(H,23,25). The number of nitrogens with zero attached hydrogens (tertiary/aromatic N) is 1. The van der Waals surface area contributed by atoms with E-state index in [1.807, 2.05) is 0 Å². The van der Waals surface area contributed by atoms with Crippen LogP contribution < -0.4 is 15.6 Å². The number of benzene rings is 1. The molecule has 1 unspecified atom stereocenters. The number of carbonyl (C=O) groups excluding carboxylic acids is 2. The van der Waals surface area contributed by atoms with Crippen molar-refractivity contribution in [1.82, 2.24) is 15.2 Å². The molecule has 10 heteroatoms. The van der Waals surface area contributed by atoms with Gasteiger partial charge in [0, 0.05) is 24.7 Å². The predicted octanol–water partition coefficient (Wildman–Crippen LogP) is 1.71. The average molecular weight is 397 g/mol. The lowest BCUT2D eigenvalue weighted by Gasteiger charge is -2.24. The van der Waals surface area contributed by atoms with Crippen LogP contribution in [-0.2, 0) is 16.1 Å². The Labute approximate surface area is 157 Å². The Morgan fingerprint density at radius 1 is 1.32 bits per heavy atom. The molecule has 7 nitrogen and oxygen atoms in total. The van der Waals surface area contributed by atoms with Crippen LogP contribution in [0.2, 0.25) is 0 Å². The number of aromatic nitrogens is 1. The average Bonchev–Trinajstić information content (AvgIpc) is 3.13. The molecule has 1 aromatic carbocycles. The van der Waals surface area contributed by atoms with E-state index < -0.39 is 29.6 Å². The van der Waals surface area contributed by atoms with Crippen molar-refractivity contribution in [2.24, 2.45) is 0 Å². The number of carbonyl (C=O) groups is 2. The number of hydrogen-bond acceptors (Lipinski definition) is 4. The fourth-order valence-corrected chi connectivity index (χ4v) is 3.23. The number of amides is 2. The van der Waals surface area contributed by atoms with Crippen LogP contribution >= 0.6 is 0 Å². The molecule has 0 bridgehead atoms. The molecule has 1 aromatic heterocycles. The predicted molar refractivity (Wildman–Crippen MR) is 93.8 cm³/mol. The molecule has 1 aliphatic heterocycles. The fourth-order valence-electron chi connectivity index (χ4n) is 3.23. The van der Waals surface area contributed by atoms with E-state index in [9.17, 15) is 27.6 Å². The van der Waals surface area contributed by atoms with Crippen molar-refractivity contribution in [3.63, 3.8) is 0 Å². The molecule has 2 amide bonds. The van der Waals surface area contributed by atoms with Gasteiger partial charge < -0.3 is 19.9 Å². The first-order valence-corrected chi connectivity index (χ1v) is 8.56. The Bertz CT molecular complexity index is 971. The van der Waals surface area contributed by atoms with Crippen LogP contribution in [0.3, 0.4) is 0 Å². The Morgan fingerprint density at radius 2 is 2.07 bits per heavy atom. The zero-order valence-corrected chi connectivity index (χ0v) is 14.9. The van der Waals surface area contributed by atoms with Crippen LogP contribution in [-0.4, -0.2) is 47.6 Å². The highest BCUT2D eigenvalue weighted by Gasteiger charge is 2.47. The number of ether oxygens (including phenoxy) is 1. The van der Waals surface area contributed by atoms with Crippen LogP contribution in [0.25, 0.3) is 10.9 Å². The van der Waals surface area contributed by atoms with Gasteiger partial charge in [-0.25, -0.2) is 0 Å². The van der Waals surface area contributed by atoms with E-state index >= 15 is 0 Å². The molecule has 2 heterocycles. The molecule has 2 aromatic rings. The topological polar surface area (TPSA) is 91.5 Å². The van der Waals surface area contributed by atoms with Gasteiger partial charge in [-0.15, -0.1) is 0 Å². The quantitative estimate of drug-likeness (QED) is 0.822. The van der Waals surface area contributed by atoms with Crippen molar-refractivity contribution in [3.8, 4) is 5.75 Å². The molecule has 1 fully saturated rings. The Morgan fingerprint density at radius 3 is 2.75 bits per heavy atom. The minimum atomic E-state index is -5.03. The van der Waals surface area contributed by atoms with Crippen molar-refractivity contribution in [2.75, 3.05) is 13.7 Å². The first-order chi connectivity index (χ1) is 13.2. The minimum Gasteiger partial charge on any atom is -0.497 e. The number of aromatic amines is 1. The maximum absolute atomic E-state index is 12.7. The summed E-state index contributed by atoms with van der Waals surface area (Å²) >= 11 is 0. The summed E-state index contributed by atoms with van der Waals surface area (Å²) in [6, 6.07) is 5.48. The first-order valence-electron chi connectivity index (χ1n) is 8.56. The van der Waals surface area contributed by atoms with Gasteiger partial charge in [-0.05, 0) is 36.4 Å². The van der Waals surface area contributed by atoms with Crippen molar-refractivity contribution in [2.45, 2.75) is 31.6 Å². The van der Waals surface area contributed by atoms with Crippen molar-refractivity contribution in [1.29, 1.82) is 0 Å². The molecule has 0 saturated carbocycles. The summed E-state index contributed by atoms with van der Waals surface area (Å²) in [5.74, 6) is -2.17. The zero-order valence-electron chi connectivity index (χ0n) is 14.9. The summed E-state index contributed by atoms with van der Waals surface area (Å²) in [6.07, 6.45) is -4.58. The maximum Gasteiger partial charge on any atom is 0.471 e. The van der Waals surface area contributed by atoms with Gasteiger partial charge in [0.2, 0.25) is 5.91 Å². The van der Waals surface area contributed by atoms with E-state index in [2.05, 4.69) is 10.3 Å². The summed E-state index contributed by atoms with van der Waals surface area (Å²) < 4.78 is 43.1. The second-order valence-corrected chi connectivity index (χ2v) is 6.45. The molecule has 28 heavy (non-hydrogen) atoms. The van der Waals surface area contributed by atoms with E-state index in [4.69, 9.17) is 4.74 Å². The van der Waals surface area contributed by atoms with Crippen molar-refractivity contribution in [3.05, 3.63) is 40.2 Å². The van der Waals surface area contributed by atoms with Gasteiger partial charge in [-0.3, -0.25) is 14.4 Å². The molecule has 1 atom stereocenters. The van der Waals surface area contributed by atoms with Gasteiger partial charge in [0.25, 0.3) is 5.56 Å². The maximum atomic E-state index is 12.7. The molecule has 3 rings (SSSR count). The van der Waals surface area contributed by atoms with E-state index in [1.54, 1.807) is 24.3 Å². The van der Waals surface area contributed by atoms with E-state index in [1.165, 1.54) is 7.11 Å². The third-order valence-electron chi connectivity index (χ3n) is 4.64. The molecule has 2 N–H and O–H groups in total.